The topological polar surface area (TPSA) is 37.8 Å². The van der Waals surface area contributed by atoms with Crippen LogP contribution in [0.4, 0.5) is 5.13 Å². The van der Waals surface area contributed by atoms with Crippen LogP contribution in [0.1, 0.15) is 12.5 Å². The van der Waals surface area contributed by atoms with Crippen LogP contribution < -0.4 is 5.32 Å². The molecule has 1 aromatic carbocycles. The first kappa shape index (κ1) is 12.9. The van der Waals surface area contributed by atoms with Crippen molar-refractivity contribution in [2.24, 2.45) is 0 Å². The van der Waals surface area contributed by atoms with Gasteiger partial charge in [-0.15, -0.1) is 10.2 Å². The molecule has 0 bridgehead atoms. The van der Waals surface area contributed by atoms with Crippen LogP contribution in [-0.2, 0) is 5.75 Å². The van der Waals surface area contributed by atoms with Gasteiger partial charge in [0.15, 0.2) is 4.34 Å². The maximum Gasteiger partial charge on any atom is 0.206 e. The fourth-order valence-corrected chi connectivity index (χ4v) is 3.26. The predicted octanol–water partition coefficient (Wildman–Crippen LogP) is 4.02. The molecule has 0 unspecified atom stereocenters. The molecule has 2 aromatic rings. The van der Waals surface area contributed by atoms with Gasteiger partial charge in [-0.3, -0.25) is 0 Å². The van der Waals surface area contributed by atoms with Crippen LogP contribution in [0.3, 0.4) is 0 Å². The number of aromatic nitrogens is 2. The largest absolute Gasteiger partial charge is 0.360 e. The number of halogens is 1. The zero-order valence-corrected chi connectivity index (χ0v) is 12.5. The van der Waals surface area contributed by atoms with Crippen molar-refractivity contribution in [2.75, 3.05) is 11.9 Å². The third-order valence-corrected chi connectivity index (χ3v) is 4.62. The maximum atomic E-state index is 4.13. The molecule has 0 saturated carbocycles. The Bertz CT molecular complexity index is 470. The highest BCUT2D eigenvalue weighted by Gasteiger charge is 2.04. The number of benzene rings is 1. The van der Waals surface area contributed by atoms with Crippen molar-refractivity contribution >= 4 is 44.2 Å². The summed E-state index contributed by atoms with van der Waals surface area (Å²) in [6.45, 7) is 2.93. The normalized spacial score (nSPS) is 10.5. The van der Waals surface area contributed by atoms with E-state index in [4.69, 9.17) is 0 Å². The van der Waals surface area contributed by atoms with Crippen molar-refractivity contribution in [1.29, 1.82) is 0 Å². The van der Waals surface area contributed by atoms with Gasteiger partial charge in [-0.2, -0.15) is 0 Å². The van der Waals surface area contributed by atoms with Crippen molar-refractivity contribution in [2.45, 2.75) is 17.0 Å². The lowest BCUT2D eigenvalue weighted by atomic mass is 10.2. The first-order valence-electron chi connectivity index (χ1n) is 5.22. The Labute approximate surface area is 117 Å². The lowest BCUT2D eigenvalue weighted by Gasteiger charge is -1.98. The van der Waals surface area contributed by atoms with E-state index in [1.807, 2.05) is 0 Å². The minimum absolute atomic E-state index is 0.881. The molecule has 0 amide bonds. The van der Waals surface area contributed by atoms with Gasteiger partial charge in [0, 0.05) is 16.8 Å². The van der Waals surface area contributed by atoms with Crippen molar-refractivity contribution in [3.63, 3.8) is 0 Å². The predicted molar refractivity (Wildman–Crippen MR) is 77.8 cm³/mol. The Morgan fingerprint density at radius 1 is 1.29 bits per heavy atom. The molecule has 0 aliphatic carbocycles. The lowest BCUT2D eigenvalue weighted by Crippen LogP contribution is -1.94. The maximum absolute atomic E-state index is 4.13. The molecule has 1 N–H and O–H groups in total. The molecule has 90 valence electrons. The summed E-state index contributed by atoms with van der Waals surface area (Å²) in [4.78, 5) is 0. The van der Waals surface area contributed by atoms with Gasteiger partial charge in [0.05, 0.1) is 0 Å². The first-order valence-corrected chi connectivity index (χ1v) is 7.82. The molecule has 3 nitrogen and oxygen atoms in total. The van der Waals surface area contributed by atoms with E-state index in [0.717, 1.165) is 26.2 Å². The zero-order valence-electron chi connectivity index (χ0n) is 9.31. The quantitative estimate of drug-likeness (QED) is 0.840. The Balaban J connectivity index is 1.90. The molecule has 0 spiro atoms. The van der Waals surface area contributed by atoms with Crippen LogP contribution in [0.5, 0.6) is 0 Å². The van der Waals surface area contributed by atoms with Crippen LogP contribution >= 0.6 is 39.0 Å². The Morgan fingerprint density at radius 3 is 2.76 bits per heavy atom. The minimum atomic E-state index is 0.881. The van der Waals surface area contributed by atoms with E-state index in [-0.39, 0.29) is 0 Å². The third kappa shape index (κ3) is 3.97. The average molecular weight is 330 g/mol. The number of nitrogens with zero attached hydrogens (tertiary/aromatic N) is 2. The standard InChI is InChI=1S/C11H12BrN3S2/c1-2-13-10-14-15-11(17-10)16-7-8-3-5-9(12)6-4-8/h3-6H,2,7H2,1H3,(H,13,14). The molecule has 0 atom stereocenters. The number of anilines is 1. The molecular formula is C11H12BrN3S2. The molecule has 0 aliphatic heterocycles. The number of nitrogens with one attached hydrogen (secondary N) is 1. The van der Waals surface area contributed by atoms with Crippen LogP contribution in [-0.4, -0.2) is 16.7 Å². The molecule has 0 fully saturated rings. The zero-order chi connectivity index (χ0) is 12.1. The number of hydrogen-bond acceptors (Lipinski definition) is 5. The van der Waals surface area contributed by atoms with Crippen LogP contribution in [0.2, 0.25) is 0 Å². The Kier molecular flexibility index (Phi) is 4.82. The van der Waals surface area contributed by atoms with E-state index >= 15 is 0 Å². The van der Waals surface area contributed by atoms with Gasteiger partial charge in [-0.1, -0.05) is 51.2 Å². The Morgan fingerprint density at radius 2 is 2.06 bits per heavy atom. The van der Waals surface area contributed by atoms with Crippen molar-refractivity contribution < 1.29 is 0 Å². The fraction of sp³-hybridized carbons (Fsp3) is 0.273. The molecule has 0 aliphatic rings. The van der Waals surface area contributed by atoms with Gasteiger partial charge in [-0.05, 0) is 24.6 Å². The fourth-order valence-electron chi connectivity index (χ4n) is 1.22. The molecule has 0 radical (unpaired) electrons. The summed E-state index contributed by atoms with van der Waals surface area (Å²) in [5.41, 5.74) is 1.29. The van der Waals surface area contributed by atoms with Gasteiger partial charge in [-0.25, -0.2) is 0 Å². The summed E-state index contributed by atoms with van der Waals surface area (Å²) in [5, 5.41) is 12.2. The van der Waals surface area contributed by atoms with Gasteiger partial charge in [0.2, 0.25) is 5.13 Å². The van der Waals surface area contributed by atoms with Crippen LogP contribution in [0.15, 0.2) is 33.1 Å². The van der Waals surface area contributed by atoms with E-state index in [0.29, 0.717) is 0 Å². The lowest BCUT2D eigenvalue weighted by molar-refractivity contribution is 1.00. The van der Waals surface area contributed by atoms with Crippen LogP contribution in [0.25, 0.3) is 0 Å². The summed E-state index contributed by atoms with van der Waals surface area (Å²) in [7, 11) is 0. The second-order valence-electron chi connectivity index (χ2n) is 3.32. The highest BCUT2D eigenvalue weighted by molar-refractivity contribution is 9.10. The van der Waals surface area contributed by atoms with Gasteiger partial charge < -0.3 is 5.32 Å². The summed E-state index contributed by atoms with van der Waals surface area (Å²) in [5.74, 6) is 0.925. The van der Waals surface area contributed by atoms with E-state index in [1.165, 1.54) is 5.56 Å². The average Bonchev–Trinajstić information content (AvgIpc) is 2.77. The number of thioether (sulfide) groups is 1. The summed E-state index contributed by atoms with van der Waals surface area (Å²) in [6.07, 6.45) is 0. The van der Waals surface area contributed by atoms with E-state index < -0.39 is 0 Å². The molecular weight excluding hydrogens is 318 g/mol. The SMILES string of the molecule is CCNc1nnc(SCc2ccc(Br)cc2)s1. The van der Waals surface area contributed by atoms with E-state index in [1.54, 1.807) is 23.1 Å². The Hall–Kier alpha value is -0.590. The summed E-state index contributed by atoms with van der Waals surface area (Å²) >= 11 is 6.74. The second kappa shape index (κ2) is 6.37. The number of rotatable bonds is 5. The van der Waals surface area contributed by atoms with Crippen molar-refractivity contribution in [3.8, 4) is 0 Å². The van der Waals surface area contributed by atoms with Crippen molar-refractivity contribution in [3.05, 3.63) is 34.3 Å². The van der Waals surface area contributed by atoms with Gasteiger partial charge in [0.1, 0.15) is 0 Å². The minimum Gasteiger partial charge on any atom is -0.360 e. The highest BCUT2D eigenvalue weighted by Crippen LogP contribution is 2.28. The van der Waals surface area contributed by atoms with Gasteiger partial charge >= 0.3 is 0 Å². The highest BCUT2D eigenvalue weighted by atomic mass is 79.9. The monoisotopic (exact) mass is 329 g/mol. The summed E-state index contributed by atoms with van der Waals surface area (Å²) < 4.78 is 2.11. The molecule has 6 heteroatoms. The molecule has 17 heavy (non-hydrogen) atoms. The summed E-state index contributed by atoms with van der Waals surface area (Å²) in [6, 6.07) is 8.34. The molecule has 2 rings (SSSR count). The molecule has 1 aromatic heterocycles. The first-order chi connectivity index (χ1) is 8.28. The molecule has 1 heterocycles. The van der Waals surface area contributed by atoms with E-state index in [2.05, 4.69) is 62.6 Å². The second-order valence-corrected chi connectivity index (χ2v) is 6.43. The number of hydrogen-bond donors (Lipinski definition) is 1. The smallest absolute Gasteiger partial charge is 0.206 e. The van der Waals surface area contributed by atoms with E-state index in [9.17, 15) is 0 Å². The van der Waals surface area contributed by atoms with Crippen molar-refractivity contribution in [1.82, 2.24) is 10.2 Å². The van der Waals surface area contributed by atoms with Gasteiger partial charge in [0.25, 0.3) is 0 Å². The third-order valence-electron chi connectivity index (χ3n) is 2.01. The van der Waals surface area contributed by atoms with Crippen LogP contribution in [0, 0.1) is 0 Å². The molecule has 0 saturated heterocycles.